The molecule has 140 heavy (non-hydrogen) atoms. The van der Waals surface area contributed by atoms with Gasteiger partial charge in [0.05, 0.1) is 63.7 Å². The van der Waals surface area contributed by atoms with Gasteiger partial charge in [-0.25, -0.2) is 51.3 Å². The lowest BCUT2D eigenvalue weighted by molar-refractivity contribution is -0.155. The number of esters is 3. The van der Waals surface area contributed by atoms with E-state index in [0.717, 1.165) is 32.6 Å². The van der Waals surface area contributed by atoms with Gasteiger partial charge in [-0.1, -0.05) is 199 Å². The van der Waals surface area contributed by atoms with Crippen LogP contribution >= 0.6 is 58.4 Å². The summed E-state index contributed by atoms with van der Waals surface area (Å²) in [5.74, 6) is -2.44. The van der Waals surface area contributed by atoms with E-state index in [-0.39, 0.29) is 115 Å². The number of alkyl halides is 6. The van der Waals surface area contributed by atoms with Crippen LogP contribution in [-0.2, 0) is 52.3 Å². The number of nitrogen functional groups attached to an aromatic ring is 3. The van der Waals surface area contributed by atoms with Crippen LogP contribution in [0.1, 0.15) is 162 Å². The van der Waals surface area contributed by atoms with E-state index in [1.54, 1.807) is 32.4 Å². The topological polar surface area (TPSA) is 528 Å². The van der Waals surface area contributed by atoms with E-state index in [4.69, 9.17) is 88.9 Å². The number of imidazole rings is 3. The molecule has 0 spiro atoms. The molecular formula is C91H132BrCl2F8N18O18PS. The average molecular weight is 2130 g/mol. The average Bonchev–Trinajstić information content (AvgIpc) is 1.59. The summed E-state index contributed by atoms with van der Waals surface area (Å²) >= 11 is 9.91. The Hall–Kier alpha value is -8.36. The molecule has 25 atom stereocenters. The van der Waals surface area contributed by atoms with Crippen LogP contribution in [0, 0.1) is 29.6 Å². The second-order valence-electron chi connectivity index (χ2n) is 35.1. The fourth-order valence-corrected chi connectivity index (χ4v) is 19.7. The molecular weight excluding hydrogens is 2000 g/mol. The highest BCUT2D eigenvalue weighted by Gasteiger charge is 2.58. The first-order valence-electron chi connectivity index (χ1n) is 45.4. The zero-order chi connectivity index (χ0) is 105. The molecule has 8 aliphatic heterocycles. The van der Waals surface area contributed by atoms with Crippen LogP contribution in [0.25, 0.3) is 33.5 Å². The van der Waals surface area contributed by atoms with Gasteiger partial charge in [-0.05, 0) is 111 Å². The summed E-state index contributed by atoms with van der Waals surface area (Å²) in [7, 11) is 2.70. The van der Waals surface area contributed by atoms with Crippen molar-refractivity contribution >= 4 is 149 Å². The second kappa shape index (κ2) is 50.9. The van der Waals surface area contributed by atoms with Gasteiger partial charge in [0.25, 0.3) is 11.4 Å². The van der Waals surface area contributed by atoms with Gasteiger partial charge >= 0.3 is 17.9 Å². The summed E-state index contributed by atoms with van der Waals surface area (Å²) in [5, 5.41) is 71.7. The lowest BCUT2D eigenvalue weighted by Crippen LogP contribution is -2.43. The molecule has 0 aliphatic carbocycles. The number of aromatic amines is 1. The van der Waals surface area contributed by atoms with Crippen molar-refractivity contribution in [2.45, 2.75) is 268 Å². The number of morpholine rings is 1. The third-order valence-corrected chi connectivity index (χ3v) is 30.7. The molecule has 17 N–H and O–H groups in total. The lowest BCUT2D eigenvalue weighted by atomic mass is 9.88. The number of carbonyl (C=O) groups excluding carboxylic acids is 3. The minimum atomic E-state index is -4.97. The molecule has 6 aromatic heterocycles. The minimum absolute atomic E-state index is 0.00116. The van der Waals surface area contributed by atoms with Crippen molar-refractivity contribution in [3.05, 3.63) is 120 Å². The van der Waals surface area contributed by atoms with E-state index in [1.807, 2.05) is 55.4 Å². The zero-order valence-electron chi connectivity index (χ0n) is 81.4. The molecule has 8 saturated heterocycles. The number of H-pyrrole nitrogens is 1. The number of rotatable bonds is 14. The van der Waals surface area contributed by atoms with E-state index in [9.17, 15) is 64.0 Å². The fraction of sp³-hybridized carbons (Fsp3) is 0.604. The highest BCUT2D eigenvalue weighted by Crippen LogP contribution is 2.57. The predicted octanol–water partition coefficient (Wildman–Crippen LogP) is 12.2. The van der Waals surface area contributed by atoms with Gasteiger partial charge in [-0.15, -0.1) is 11.7 Å². The van der Waals surface area contributed by atoms with Crippen molar-refractivity contribution in [3.63, 3.8) is 0 Å². The fourth-order valence-electron chi connectivity index (χ4n) is 15.7. The van der Waals surface area contributed by atoms with Crippen LogP contribution < -0.4 is 44.2 Å². The largest absolute Gasteiger partial charge is 0.460 e. The number of ether oxygens (including phenoxy) is 8. The summed E-state index contributed by atoms with van der Waals surface area (Å²) < 4.78 is 150. The molecule has 8 aliphatic rings. The van der Waals surface area contributed by atoms with Gasteiger partial charge in [0.2, 0.25) is 23.5 Å². The molecule has 8 fully saturated rings. The number of aliphatic hydroxyl groups is 7. The molecule has 0 amide bonds. The summed E-state index contributed by atoms with van der Waals surface area (Å²) in [6.07, 6.45) is -0.560. The monoisotopic (exact) mass is 2130 g/mol. The van der Waals surface area contributed by atoms with Crippen molar-refractivity contribution in [3.8, 4) is 0 Å². The quantitative estimate of drug-likeness (QED) is 0.0120. The Morgan fingerprint density at radius 3 is 1.27 bits per heavy atom. The Balaban J connectivity index is 0.000000214. The maximum atomic E-state index is 15.1. The molecule has 14 heterocycles. The number of carbonyl (C=O) groups is 3. The number of aliphatic hydroxyl groups excluding tert-OH is 5. The van der Waals surface area contributed by atoms with Gasteiger partial charge in [-0.3, -0.25) is 9.13 Å². The number of cyclic esters (lactones) is 3. The smallest absolute Gasteiger partial charge is 0.344 e. The van der Waals surface area contributed by atoms with E-state index < -0.39 is 138 Å². The summed E-state index contributed by atoms with van der Waals surface area (Å²) in [4.78, 5) is 71.2. The van der Waals surface area contributed by atoms with Crippen LogP contribution in [0.2, 0.25) is 10.3 Å². The first kappa shape index (κ1) is 119. The molecule has 9 aromatic rings. The van der Waals surface area contributed by atoms with Crippen molar-refractivity contribution in [2.75, 3.05) is 76.1 Å². The first-order chi connectivity index (χ1) is 65.6. The molecule has 0 unspecified atom stereocenters. The van der Waals surface area contributed by atoms with Crippen molar-refractivity contribution in [1.82, 2.24) is 63.3 Å². The van der Waals surface area contributed by atoms with E-state index in [1.165, 1.54) is 81.1 Å². The van der Waals surface area contributed by atoms with Crippen molar-refractivity contribution < 1.29 is 122 Å². The summed E-state index contributed by atoms with van der Waals surface area (Å²) in [5.41, 5.74) is 12.2. The van der Waals surface area contributed by atoms with Gasteiger partial charge < -0.3 is 107 Å². The maximum absolute atomic E-state index is 15.1. The number of hydrogen-bond donors (Lipinski definition) is 13. The highest BCUT2D eigenvalue weighted by atomic mass is 79.9. The van der Waals surface area contributed by atoms with Gasteiger partial charge in [-0.2, -0.15) is 34.2 Å². The summed E-state index contributed by atoms with van der Waals surface area (Å²) in [6, 6.07) is 32.3. The Bertz CT molecular complexity index is 5190. The van der Waals surface area contributed by atoms with E-state index >= 15 is 4.39 Å². The maximum Gasteiger partial charge on any atom is 0.344 e. The number of nitrogens with two attached hydrogens (primary N) is 4. The Morgan fingerprint density at radius 1 is 0.507 bits per heavy atom. The molecule has 0 saturated carbocycles. The lowest BCUT2D eigenvalue weighted by Gasteiger charge is -2.29. The molecule has 36 nitrogen and oxygen atoms in total. The van der Waals surface area contributed by atoms with Crippen LogP contribution in [0.5, 0.6) is 0 Å². The van der Waals surface area contributed by atoms with Crippen LogP contribution in [-0.4, -0.2) is 276 Å². The van der Waals surface area contributed by atoms with Gasteiger partial charge in [0.1, 0.15) is 52.2 Å². The minimum Gasteiger partial charge on any atom is -0.460 e. The number of halogens is 11. The number of nitrogens with one attached hydrogen (secondary N) is 2. The van der Waals surface area contributed by atoms with Crippen molar-refractivity contribution in [2.24, 2.45) is 35.3 Å². The Labute approximate surface area is 829 Å². The highest BCUT2D eigenvalue weighted by molar-refractivity contribution is 9.09. The second-order valence-corrected chi connectivity index (χ2v) is 40.1. The molecule has 49 heteroatoms. The zero-order valence-corrected chi connectivity index (χ0v) is 86.2. The number of hydrogen-bond acceptors (Lipinski definition) is 33. The number of benzene rings is 3. The third kappa shape index (κ3) is 27.8. The van der Waals surface area contributed by atoms with Crippen LogP contribution in [0.15, 0.2) is 110 Å². The normalized spacial score (nSPS) is 32.5. The Kier molecular flexibility index (Phi) is 43.1. The molecule has 0 radical (unpaired) electrons. The molecule has 17 rings (SSSR count). The SMILES string of the molecule is CC[C@H]1OC(=O)[C@@](C)(O)[C@@H]1C.CC[C@H]1OC(=O)[C@](C)(F)[C@@H]1C.CC[C@H]1O[C@@H](O)[C@](C)(F)[C@@H]1C.CC[C@H]1O[C@@H](n2cnc3c(Cl)nc(N)nc32)[C@](C)(F)[C@@H]1C.CC[C@H]1O[C@H](Br)[C@](C)(F)[C@@H]1C.CN.CNc1nc(N)nc2c1ncn2[C@@H]1O[C@H](CO)[C@@H](O)[C@@]1(C)F.C[C@@]1(O)C(=O)O[C@H](CO)[C@H]1O.FS(F)(F)N1CCOCC1.Nc1nc(Cl)c2[nH]cnc2n1.c1ccc(P(c2ccccc2)c2ccccc2)cc1. The van der Waals surface area contributed by atoms with Crippen LogP contribution in [0.4, 0.5) is 57.3 Å². The molecule has 0 bridgehead atoms. The van der Waals surface area contributed by atoms with Crippen LogP contribution in [0.3, 0.4) is 0 Å². The van der Waals surface area contributed by atoms with Crippen molar-refractivity contribution in [1.29, 1.82) is 0 Å². The third-order valence-electron chi connectivity index (χ3n) is 25.7. The first-order valence-corrected chi connectivity index (χ1v) is 49.7. The standard InChI is InChI=1S/C18H15P.C13H17ClFN5O.C12H17FN6O3.C8H14BrFO.C8H15FO2.C8H13FO2.C8H14O3.C6H10O5.C5H4ClN5.C4H8F3NOS.CH5N/c1-4-10-16(11-5-1)19(17-12-6-2-7-13-17)18-14-8-3-9-15-18;1-4-7-6(2)13(3,15)11(21-7)20-5-17-8-9(14)18-12(16)19-10(8)20;1-12(13)7(21)5(3-20)22-10(12)19-4-16-6-8(15-2)17-11(14)18-9(6)19;1-4-6-5(2)8(3,10)7(9)11-6;2*1-4-6-5(2)8(3,9)7(10)11-6;1-4-6-5(2)8(3,10)7(9)11-6;1-6(10)4(8)3(2-7)11-5(6)9;6-3-2-4(9-1-8-2)11-5(7)10-3;5-10(6,7)8-1-3-9-4-2-8;1-2/h1-15H;5-7,11H,4H2,1-3H3,(H2,16,18,19);4-5,7,10,20-21H,3H2,1-2H3,(H3,14,15,17,18);5-7H,4H2,1-3H3;5-7,10H,4H2,1-3H3;5-6H,4H2,1-3H3;5-6,10H,4H2,1-3H3;3-4,7-8,10H,2H2,1H3;1H,(H3,7,8,9,10,11);1-4H2;2H2,1H3/t;6-,7-,11-,13-;5-,7-,10-,12-;5-,6-,7+,8-;5-,6-,7-,8-;5-,6-,8-;5-,6-,8+;3-,4-,6+;;;/m.1111111.../s1. The number of fused-ring (bicyclic) bond motifs is 3. The van der Waals surface area contributed by atoms with E-state index in [2.05, 4.69) is 173 Å². The predicted molar refractivity (Wildman–Crippen MR) is 522 cm³/mol. The molecule has 3 aromatic carbocycles. The number of nitrogens with zero attached hydrogens (tertiary/aromatic N) is 12. The van der Waals surface area contributed by atoms with Gasteiger partial charge in [0, 0.05) is 49.7 Å². The number of anilines is 4. The van der Waals surface area contributed by atoms with Gasteiger partial charge in [0.15, 0.2) is 91.6 Å². The Morgan fingerprint density at radius 2 is 0.914 bits per heavy atom. The summed E-state index contributed by atoms with van der Waals surface area (Å²) in [6.45, 7) is 27.9. The van der Waals surface area contributed by atoms with E-state index in [0.29, 0.717) is 49.5 Å². The number of aromatic nitrogens is 12. The molecule has 782 valence electrons.